The zero-order chi connectivity index (χ0) is 10.4. The SMILES string of the molecule is CCCC(O)(CN)CCC1CCCO1. The molecule has 0 aromatic heterocycles. The van der Waals surface area contributed by atoms with Crippen molar-refractivity contribution in [2.45, 2.75) is 57.2 Å². The quantitative estimate of drug-likeness (QED) is 0.683. The smallest absolute Gasteiger partial charge is 0.0770 e. The minimum absolute atomic E-state index is 0.366. The third-order valence-corrected chi connectivity index (χ3v) is 3.05. The van der Waals surface area contributed by atoms with Crippen molar-refractivity contribution in [3.05, 3.63) is 0 Å². The van der Waals surface area contributed by atoms with Crippen LogP contribution in [0.4, 0.5) is 0 Å². The van der Waals surface area contributed by atoms with Crippen LogP contribution in [0.25, 0.3) is 0 Å². The molecule has 0 bridgehead atoms. The number of aliphatic hydroxyl groups is 1. The molecule has 0 aliphatic carbocycles. The molecule has 3 heteroatoms. The summed E-state index contributed by atoms with van der Waals surface area (Å²) in [6, 6.07) is 0. The largest absolute Gasteiger partial charge is 0.389 e. The van der Waals surface area contributed by atoms with Gasteiger partial charge in [0.2, 0.25) is 0 Å². The zero-order valence-electron chi connectivity index (χ0n) is 9.17. The van der Waals surface area contributed by atoms with Gasteiger partial charge in [0.1, 0.15) is 0 Å². The Bertz CT molecular complexity index is 157. The lowest BCUT2D eigenvalue weighted by molar-refractivity contribution is 0.0102. The molecule has 84 valence electrons. The van der Waals surface area contributed by atoms with Gasteiger partial charge in [-0.3, -0.25) is 0 Å². The highest BCUT2D eigenvalue weighted by Crippen LogP contribution is 2.24. The van der Waals surface area contributed by atoms with Crippen LogP contribution < -0.4 is 5.73 Å². The van der Waals surface area contributed by atoms with E-state index in [0.717, 1.165) is 38.7 Å². The number of rotatable bonds is 6. The molecule has 0 aromatic rings. The normalized spacial score (nSPS) is 26.4. The summed E-state index contributed by atoms with van der Waals surface area (Å²) in [5.41, 5.74) is 4.93. The molecule has 3 N–H and O–H groups in total. The first-order valence-corrected chi connectivity index (χ1v) is 5.74. The molecule has 1 aliphatic rings. The molecule has 14 heavy (non-hydrogen) atoms. The van der Waals surface area contributed by atoms with Crippen LogP contribution in [0.2, 0.25) is 0 Å². The second kappa shape index (κ2) is 5.69. The molecule has 0 radical (unpaired) electrons. The van der Waals surface area contributed by atoms with Gasteiger partial charge in [0, 0.05) is 13.2 Å². The summed E-state index contributed by atoms with van der Waals surface area (Å²) in [5.74, 6) is 0. The van der Waals surface area contributed by atoms with E-state index in [0.29, 0.717) is 12.6 Å². The fraction of sp³-hybridized carbons (Fsp3) is 1.00. The predicted octanol–water partition coefficient (Wildman–Crippen LogP) is 1.44. The highest BCUT2D eigenvalue weighted by Gasteiger charge is 2.26. The highest BCUT2D eigenvalue weighted by atomic mass is 16.5. The van der Waals surface area contributed by atoms with Gasteiger partial charge in [-0.05, 0) is 32.1 Å². The van der Waals surface area contributed by atoms with Gasteiger partial charge in [0.05, 0.1) is 11.7 Å². The maximum absolute atomic E-state index is 10.1. The van der Waals surface area contributed by atoms with Crippen LogP contribution >= 0.6 is 0 Å². The Labute approximate surface area is 86.6 Å². The third kappa shape index (κ3) is 3.56. The average molecular weight is 201 g/mol. The lowest BCUT2D eigenvalue weighted by atomic mass is 9.91. The van der Waals surface area contributed by atoms with E-state index in [2.05, 4.69) is 6.92 Å². The van der Waals surface area contributed by atoms with Crippen LogP contribution in [0, 0.1) is 0 Å². The lowest BCUT2D eigenvalue weighted by Crippen LogP contribution is -2.38. The van der Waals surface area contributed by atoms with Gasteiger partial charge >= 0.3 is 0 Å². The minimum atomic E-state index is -0.652. The summed E-state index contributed by atoms with van der Waals surface area (Å²) in [6.45, 7) is 3.33. The topological polar surface area (TPSA) is 55.5 Å². The minimum Gasteiger partial charge on any atom is -0.389 e. The fourth-order valence-corrected chi connectivity index (χ4v) is 2.10. The molecule has 1 rings (SSSR count). The maximum Gasteiger partial charge on any atom is 0.0770 e. The van der Waals surface area contributed by atoms with Crippen molar-refractivity contribution < 1.29 is 9.84 Å². The number of hydrogen-bond donors (Lipinski definition) is 2. The maximum atomic E-state index is 10.1. The van der Waals surface area contributed by atoms with Gasteiger partial charge < -0.3 is 15.6 Å². The Kier molecular flexibility index (Phi) is 4.85. The Hall–Kier alpha value is -0.120. The number of nitrogens with two attached hydrogens (primary N) is 1. The number of ether oxygens (including phenoxy) is 1. The molecule has 0 saturated carbocycles. The van der Waals surface area contributed by atoms with Crippen molar-refractivity contribution >= 4 is 0 Å². The van der Waals surface area contributed by atoms with Crippen molar-refractivity contribution in [2.24, 2.45) is 5.73 Å². The van der Waals surface area contributed by atoms with E-state index in [-0.39, 0.29) is 0 Å². The van der Waals surface area contributed by atoms with Crippen LogP contribution in [-0.4, -0.2) is 30.0 Å². The Balaban J connectivity index is 2.25. The molecule has 0 spiro atoms. The van der Waals surface area contributed by atoms with E-state index >= 15 is 0 Å². The van der Waals surface area contributed by atoms with Crippen molar-refractivity contribution in [2.75, 3.05) is 13.2 Å². The second-order valence-corrected chi connectivity index (χ2v) is 4.35. The van der Waals surface area contributed by atoms with Crippen molar-refractivity contribution in [3.8, 4) is 0 Å². The first-order chi connectivity index (χ1) is 6.70. The van der Waals surface area contributed by atoms with Crippen LogP contribution in [-0.2, 0) is 4.74 Å². The molecule has 2 unspecified atom stereocenters. The molecule has 2 atom stereocenters. The second-order valence-electron chi connectivity index (χ2n) is 4.35. The Morgan fingerprint density at radius 3 is 2.79 bits per heavy atom. The molecule has 1 heterocycles. The van der Waals surface area contributed by atoms with Gasteiger partial charge in [-0.15, -0.1) is 0 Å². The van der Waals surface area contributed by atoms with Gasteiger partial charge in [-0.2, -0.15) is 0 Å². The van der Waals surface area contributed by atoms with Crippen LogP contribution in [0.1, 0.15) is 45.4 Å². The summed E-state index contributed by atoms with van der Waals surface area (Å²) < 4.78 is 5.52. The summed E-state index contributed by atoms with van der Waals surface area (Å²) in [4.78, 5) is 0. The van der Waals surface area contributed by atoms with Gasteiger partial charge in [-0.1, -0.05) is 13.3 Å². The summed E-state index contributed by atoms with van der Waals surface area (Å²) in [7, 11) is 0. The molecule has 1 fully saturated rings. The van der Waals surface area contributed by atoms with E-state index in [1.165, 1.54) is 6.42 Å². The van der Waals surface area contributed by atoms with E-state index in [4.69, 9.17) is 10.5 Å². The summed E-state index contributed by atoms with van der Waals surface area (Å²) in [6.07, 6.45) is 6.20. The molecule has 0 aromatic carbocycles. The highest BCUT2D eigenvalue weighted by molar-refractivity contribution is 4.81. The van der Waals surface area contributed by atoms with E-state index in [9.17, 15) is 5.11 Å². The van der Waals surface area contributed by atoms with Crippen LogP contribution in [0.3, 0.4) is 0 Å². The zero-order valence-corrected chi connectivity index (χ0v) is 9.17. The lowest BCUT2D eigenvalue weighted by Gasteiger charge is -2.27. The standard InChI is InChI=1S/C11H23NO2/c1-2-6-11(13,9-12)7-5-10-4-3-8-14-10/h10,13H,2-9,12H2,1H3. The molecular weight excluding hydrogens is 178 g/mol. The van der Waals surface area contributed by atoms with E-state index < -0.39 is 5.60 Å². The van der Waals surface area contributed by atoms with Gasteiger partial charge in [0.15, 0.2) is 0 Å². The van der Waals surface area contributed by atoms with Crippen molar-refractivity contribution in [1.82, 2.24) is 0 Å². The monoisotopic (exact) mass is 201 g/mol. The predicted molar refractivity (Wildman–Crippen MR) is 57.1 cm³/mol. The van der Waals surface area contributed by atoms with Gasteiger partial charge in [0.25, 0.3) is 0 Å². The summed E-state index contributed by atoms with van der Waals surface area (Å²) >= 11 is 0. The first-order valence-electron chi connectivity index (χ1n) is 5.74. The van der Waals surface area contributed by atoms with E-state index in [1.54, 1.807) is 0 Å². The fourth-order valence-electron chi connectivity index (χ4n) is 2.10. The molecule has 1 saturated heterocycles. The molecule has 1 aliphatic heterocycles. The van der Waals surface area contributed by atoms with Gasteiger partial charge in [-0.25, -0.2) is 0 Å². The van der Waals surface area contributed by atoms with E-state index in [1.807, 2.05) is 0 Å². The summed E-state index contributed by atoms with van der Waals surface area (Å²) in [5, 5.41) is 10.1. The average Bonchev–Trinajstić information content (AvgIpc) is 2.68. The van der Waals surface area contributed by atoms with Crippen molar-refractivity contribution in [1.29, 1.82) is 0 Å². The Morgan fingerprint density at radius 2 is 2.29 bits per heavy atom. The van der Waals surface area contributed by atoms with Crippen LogP contribution in [0.15, 0.2) is 0 Å². The molecule has 3 nitrogen and oxygen atoms in total. The number of hydrogen-bond acceptors (Lipinski definition) is 3. The Morgan fingerprint density at radius 1 is 1.50 bits per heavy atom. The third-order valence-electron chi connectivity index (χ3n) is 3.05. The first kappa shape index (κ1) is 12.0. The van der Waals surface area contributed by atoms with Crippen LogP contribution in [0.5, 0.6) is 0 Å². The molecule has 0 amide bonds. The molecular formula is C11H23NO2. The van der Waals surface area contributed by atoms with Crippen molar-refractivity contribution in [3.63, 3.8) is 0 Å².